The van der Waals surface area contributed by atoms with Gasteiger partial charge in [-0.05, 0) is 54.3 Å². The number of aromatic hydroxyl groups is 1. The van der Waals surface area contributed by atoms with Gasteiger partial charge in [0, 0.05) is 17.1 Å². The number of nitro groups is 1. The minimum atomic E-state index is -4.56. The number of ether oxygens (including phenoxy) is 1. The molecule has 0 radical (unpaired) electrons. The van der Waals surface area contributed by atoms with Crippen LogP contribution in [0.15, 0.2) is 112 Å². The normalized spacial score (nSPS) is 11.4. The number of benzene rings is 5. The molecule has 0 heterocycles. The molecule has 0 aliphatic carbocycles. The van der Waals surface area contributed by atoms with Crippen molar-refractivity contribution in [2.24, 2.45) is 10.2 Å². The van der Waals surface area contributed by atoms with Crippen molar-refractivity contribution in [1.29, 1.82) is 0 Å². The lowest BCUT2D eigenvalue weighted by molar-refractivity contribution is -0.385. The summed E-state index contributed by atoms with van der Waals surface area (Å²) in [6, 6.07) is 24.3. The fraction of sp³-hybridized carbons (Fsp3) is 0.0645. The Labute approximate surface area is 251 Å². The Kier molecular flexibility index (Phi) is 8.22. The number of rotatable bonds is 9. The van der Waals surface area contributed by atoms with E-state index >= 15 is 0 Å². The highest BCUT2D eigenvalue weighted by molar-refractivity contribution is 7.87. The molecule has 0 bridgehead atoms. The lowest BCUT2D eigenvalue weighted by Crippen LogP contribution is -2.13. The van der Waals surface area contributed by atoms with Crippen LogP contribution in [0.3, 0.4) is 0 Å². The van der Waals surface area contributed by atoms with Gasteiger partial charge in [-0.2, -0.15) is 8.42 Å². The van der Waals surface area contributed by atoms with E-state index in [2.05, 4.69) is 15.5 Å². The van der Waals surface area contributed by atoms with Crippen molar-refractivity contribution in [2.45, 2.75) is 11.8 Å². The maximum atomic E-state index is 13.2. The van der Waals surface area contributed by atoms with E-state index in [1.165, 1.54) is 37.4 Å². The summed E-state index contributed by atoms with van der Waals surface area (Å²) in [7, 11) is -3.21. The van der Waals surface area contributed by atoms with Crippen LogP contribution in [-0.4, -0.2) is 31.5 Å². The zero-order chi connectivity index (χ0) is 31.4. The van der Waals surface area contributed by atoms with Gasteiger partial charge in [0.15, 0.2) is 5.75 Å². The molecule has 2 N–H and O–H groups in total. The SMILES string of the molecule is COc1ccc(S(=O)(=O)Oc2ccccc2[N+](=O)[O-])cc1N=Nc1c(O)c(C(=O)Nc2ccccc2C)cc2ccccc12. The molecule has 13 heteroatoms. The molecule has 0 saturated carbocycles. The number of phenols is 1. The smallest absolute Gasteiger partial charge is 0.339 e. The van der Waals surface area contributed by atoms with E-state index in [4.69, 9.17) is 8.92 Å². The Morgan fingerprint density at radius 1 is 0.909 bits per heavy atom. The number of carbonyl (C=O) groups excluding carboxylic acids is 1. The number of para-hydroxylation sites is 3. The quantitative estimate of drug-likeness (QED) is 0.0761. The molecule has 5 rings (SSSR count). The molecule has 44 heavy (non-hydrogen) atoms. The summed E-state index contributed by atoms with van der Waals surface area (Å²) in [5, 5.41) is 34.8. The summed E-state index contributed by atoms with van der Waals surface area (Å²) in [5.41, 5.74) is 0.718. The Morgan fingerprint density at radius 3 is 2.36 bits per heavy atom. The Morgan fingerprint density at radius 2 is 1.61 bits per heavy atom. The van der Waals surface area contributed by atoms with Crippen molar-refractivity contribution in [2.75, 3.05) is 12.4 Å². The Balaban J connectivity index is 1.55. The largest absolute Gasteiger partial charge is 0.505 e. The van der Waals surface area contributed by atoms with Gasteiger partial charge in [0.1, 0.15) is 22.0 Å². The number of hydrogen-bond donors (Lipinski definition) is 2. The van der Waals surface area contributed by atoms with Gasteiger partial charge in [0.25, 0.3) is 5.91 Å². The maximum absolute atomic E-state index is 13.2. The van der Waals surface area contributed by atoms with E-state index in [0.29, 0.717) is 16.5 Å². The van der Waals surface area contributed by atoms with Crippen LogP contribution in [0.2, 0.25) is 0 Å². The molecule has 0 aromatic heterocycles. The second kappa shape index (κ2) is 12.2. The number of phenolic OH excluding ortho intramolecular Hbond substituents is 1. The van der Waals surface area contributed by atoms with E-state index in [1.54, 1.807) is 36.4 Å². The van der Waals surface area contributed by atoms with Gasteiger partial charge >= 0.3 is 15.8 Å². The molecular formula is C31H24N4O8S. The van der Waals surface area contributed by atoms with Crippen LogP contribution in [0.1, 0.15) is 15.9 Å². The number of methoxy groups -OCH3 is 1. The summed E-state index contributed by atoms with van der Waals surface area (Å²) in [6.45, 7) is 1.84. The van der Waals surface area contributed by atoms with Gasteiger partial charge in [0.05, 0.1) is 17.6 Å². The van der Waals surface area contributed by atoms with Crippen molar-refractivity contribution < 1.29 is 32.2 Å². The summed E-state index contributed by atoms with van der Waals surface area (Å²) >= 11 is 0. The highest BCUT2D eigenvalue weighted by atomic mass is 32.2. The zero-order valence-corrected chi connectivity index (χ0v) is 24.1. The standard InChI is InChI=1S/C31H24N4O8S/c1-19-9-3-6-12-24(19)32-31(37)23-17-20-10-4-5-11-22(20)29(30(23)36)34-33-25-18-21(15-16-27(25)42-2)44(40,41)43-28-14-8-7-13-26(28)35(38)39/h3-18,36H,1-2H3,(H,32,37). The average molecular weight is 613 g/mol. The number of hydrogen-bond acceptors (Lipinski definition) is 10. The molecule has 5 aromatic carbocycles. The van der Waals surface area contributed by atoms with Crippen LogP contribution in [0.5, 0.6) is 17.2 Å². The third-order valence-corrected chi connectivity index (χ3v) is 7.82. The average Bonchev–Trinajstić information content (AvgIpc) is 3.01. The van der Waals surface area contributed by atoms with Crippen molar-refractivity contribution in [3.05, 3.63) is 118 Å². The molecule has 0 aliphatic rings. The van der Waals surface area contributed by atoms with Crippen molar-refractivity contribution in [3.8, 4) is 17.2 Å². The van der Waals surface area contributed by atoms with Gasteiger partial charge in [-0.25, -0.2) is 0 Å². The second-order valence-corrected chi connectivity index (χ2v) is 11.0. The Bertz CT molecular complexity index is 2060. The molecule has 0 aliphatic heterocycles. The third kappa shape index (κ3) is 6.03. The highest BCUT2D eigenvalue weighted by Gasteiger charge is 2.24. The molecule has 0 atom stereocenters. The molecule has 0 unspecified atom stereocenters. The number of nitro benzene ring substituents is 1. The van der Waals surface area contributed by atoms with Crippen molar-refractivity contribution in [1.82, 2.24) is 0 Å². The predicted molar refractivity (Wildman–Crippen MR) is 163 cm³/mol. The number of anilines is 1. The number of nitrogens with zero attached hydrogens (tertiary/aromatic N) is 3. The van der Waals surface area contributed by atoms with Gasteiger partial charge < -0.3 is 19.3 Å². The predicted octanol–water partition coefficient (Wildman–Crippen LogP) is 7.21. The number of azo groups is 1. The first kappa shape index (κ1) is 29.7. The minimum absolute atomic E-state index is 0.0375. The van der Waals surface area contributed by atoms with Crippen molar-refractivity contribution in [3.63, 3.8) is 0 Å². The monoisotopic (exact) mass is 612 g/mol. The fourth-order valence-electron chi connectivity index (χ4n) is 4.35. The number of carbonyl (C=O) groups is 1. The summed E-state index contributed by atoms with van der Waals surface area (Å²) in [6.07, 6.45) is 0. The van der Waals surface area contributed by atoms with E-state index in [1.807, 2.05) is 19.1 Å². The van der Waals surface area contributed by atoms with E-state index in [9.17, 15) is 28.4 Å². The third-order valence-electron chi connectivity index (χ3n) is 6.59. The number of aryl methyl sites for hydroxylation is 1. The number of amides is 1. The van der Waals surface area contributed by atoms with Crippen LogP contribution >= 0.6 is 0 Å². The number of nitrogens with one attached hydrogen (secondary N) is 1. The first-order valence-corrected chi connectivity index (χ1v) is 14.4. The molecule has 222 valence electrons. The van der Waals surface area contributed by atoms with Crippen LogP contribution in [-0.2, 0) is 10.1 Å². The van der Waals surface area contributed by atoms with E-state index in [-0.39, 0.29) is 27.6 Å². The summed E-state index contributed by atoms with van der Waals surface area (Å²) < 4.78 is 36.6. The molecule has 0 spiro atoms. The van der Waals surface area contributed by atoms with Gasteiger partial charge in [-0.1, -0.05) is 54.6 Å². The van der Waals surface area contributed by atoms with Crippen LogP contribution in [0, 0.1) is 17.0 Å². The van der Waals surface area contributed by atoms with Gasteiger partial charge in [0.2, 0.25) is 5.75 Å². The van der Waals surface area contributed by atoms with E-state index in [0.717, 1.165) is 23.8 Å². The summed E-state index contributed by atoms with van der Waals surface area (Å²) in [4.78, 5) is 23.4. The minimum Gasteiger partial charge on any atom is -0.505 e. The van der Waals surface area contributed by atoms with Crippen LogP contribution in [0.25, 0.3) is 10.8 Å². The zero-order valence-electron chi connectivity index (χ0n) is 23.3. The molecular weight excluding hydrogens is 588 g/mol. The van der Waals surface area contributed by atoms with Gasteiger partial charge in [-0.3, -0.25) is 14.9 Å². The van der Waals surface area contributed by atoms with E-state index < -0.39 is 38.1 Å². The Hall–Kier alpha value is -5.82. The van der Waals surface area contributed by atoms with Crippen LogP contribution in [0.4, 0.5) is 22.7 Å². The topological polar surface area (TPSA) is 170 Å². The number of fused-ring (bicyclic) bond motifs is 1. The molecule has 0 saturated heterocycles. The molecule has 12 nitrogen and oxygen atoms in total. The summed E-state index contributed by atoms with van der Waals surface area (Å²) in [5.74, 6) is -1.35. The van der Waals surface area contributed by atoms with Gasteiger partial charge in [-0.15, -0.1) is 10.2 Å². The second-order valence-electron chi connectivity index (χ2n) is 9.41. The first-order chi connectivity index (χ1) is 21.1. The molecule has 0 fully saturated rings. The lowest BCUT2D eigenvalue weighted by Gasteiger charge is -2.12. The molecule has 5 aromatic rings. The fourth-order valence-corrected chi connectivity index (χ4v) is 5.31. The van der Waals surface area contributed by atoms with Crippen LogP contribution < -0.4 is 14.2 Å². The molecule has 1 amide bonds. The van der Waals surface area contributed by atoms with Crippen molar-refractivity contribution >= 4 is 49.5 Å². The highest BCUT2D eigenvalue weighted by Crippen LogP contribution is 2.41. The maximum Gasteiger partial charge on any atom is 0.339 e. The lowest BCUT2D eigenvalue weighted by atomic mass is 10.0. The first-order valence-electron chi connectivity index (χ1n) is 13.0.